The van der Waals surface area contributed by atoms with Crippen LogP contribution in [-0.4, -0.2) is 15.0 Å². The lowest BCUT2D eigenvalue weighted by molar-refractivity contribution is 1.15. The Bertz CT molecular complexity index is 1830. The highest BCUT2D eigenvalue weighted by Crippen LogP contribution is 2.32. The van der Waals surface area contributed by atoms with Crippen LogP contribution in [0.5, 0.6) is 0 Å². The quantitative estimate of drug-likeness (QED) is 0.205. The van der Waals surface area contributed by atoms with Crippen LogP contribution in [0.3, 0.4) is 0 Å². The van der Waals surface area contributed by atoms with Crippen molar-refractivity contribution in [1.29, 1.82) is 5.26 Å². The van der Waals surface area contributed by atoms with Crippen molar-refractivity contribution >= 4 is 34.0 Å². The molecule has 0 aliphatic rings. The van der Waals surface area contributed by atoms with Gasteiger partial charge in [0.25, 0.3) is 0 Å². The van der Waals surface area contributed by atoms with Crippen LogP contribution in [0.2, 0.25) is 0 Å². The standard InChI is InChI=1S/C33H25N7/c34-20-22-11-13-25(14-12-22)30-19-32(40-33(35)39-30)37-26-15-16-28-27(17-26)31(36-21-23-7-3-1-4-8-23)18-29(38-28)24-9-5-2-6-10-24/h1-19H,21H2,(H,36,38)(H3,35,37,39,40). The van der Waals surface area contributed by atoms with Gasteiger partial charge < -0.3 is 16.4 Å². The molecule has 2 aromatic heterocycles. The van der Waals surface area contributed by atoms with E-state index in [-0.39, 0.29) is 5.95 Å². The first-order chi connectivity index (χ1) is 19.6. The zero-order valence-electron chi connectivity index (χ0n) is 21.5. The molecular formula is C33H25N7. The van der Waals surface area contributed by atoms with Crippen LogP contribution in [0.4, 0.5) is 23.1 Å². The SMILES string of the molecule is N#Cc1ccc(-c2cc(Nc3ccc4nc(-c5ccccc5)cc(NCc5ccccc5)c4c3)nc(N)n2)cc1. The van der Waals surface area contributed by atoms with Crippen LogP contribution in [-0.2, 0) is 6.54 Å². The Morgan fingerprint density at radius 3 is 2.15 bits per heavy atom. The molecule has 4 aromatic carbocycles. The molecule has 40 heavy (non-hydrogen) atoms. The van der Waals surface area contributed by atoms with E-state index in [1.807, 2.05) is 66.7 Å². The first kappa shape index (κ1) is 24.6. The fourth-order valence-corrected chi connectivity index (χ4v) is 4.54. The van der Waals surface area contributed by atoms with Gasteiger partial charge in [0.05, 0.1) is 28.5 Å². The molecule has 6 aromatic rings. The number of aromatic nitrogens is 3. The van der Waals surface area contributed by atoms with E-state index in [1.54, 1.807) is 12.1 Å². The molecule has 0 amide bonds. The Balaban J connectivity index is 1.35. The summed E-state index contributed by atoms with van der Waals surface area (Å²) in [7, 11) is 0. The predicted molar refractivity (Wildman–Crippen MR) is 161 cm³/mol. The van der Waals surface area contributed by atoms with Gasteiger partial charge in [0.2, 0.25) is 5.95 Å². The molecule has 0 aliphatic carbocycles. The molecule has 0 aliphatic heterocycles. The molecule has 0 fully saturated rings. The van der Waals surface area contributed by atoms with Crippen LogP contribution in [0.25, 0.3) is 33.4 Å². The lowest BCUT2D eigenvalue weighted by Crippen LogP contribution is -2.03. The highest BCUT2D eigenvalue weighted by Gasteiger charge is 2.11. The van der Waals surface area contributed by atoms with Crippen LogP contribution < -0.4 is 16.4 Å². The van der Waals surface area contributed by atoms with Gasteiger partial charge in [0, 0.05) is 40.5 Å². The largest absolute Gasteiger partial charge is 0.380 e. The van der Waals surface area contributed by atoms with Crippen molar-refractivity contribution in [3.63, 3.8) is 0 Å². The van der Waals surface area contributed by atoms with Gasteiger partial charge in [-0.2, -0.15) is 10.2 Å². The molecule has 0 bridgehead atoms. The lowest BCUT2D eigenvalue weighted by atomic mass is 10.1. The summed E-state index contributed by atoms with van der Waals surface area (Å²) in [5.41, 5.74) is 14.0. The number of anilines is 4. The summed E-state index contributed by atoms with van der Waals surface area (Å²) in [5, 5.41) is 17.1. The van der Waals surface area contributed by atoms with Crippen molar-refractivity contribution in [2.24, 2.45) is 0 Å². The number of nitrogens with zero attached hydrogens (tertiary/aromatic N) is 4. The average Bonchev–Trinajstić information content (AvgIpc) is 3.00. The summed E-state index contributed by atoms with van der Waals surface area (Å²) >= 11 is 0. The van der Waals surface area contributed by atoms with Crippen molar-refractivity contribution in [3.8, 4) is 28.6 Å². The maximum atomic E-state index is 9.10. The molecule has 4 N–H and O–H groups in total. The molecular weight excluding hydrogens is 494 g/mol. The molecule has 0 spiro atoms. The van der Waals surface area contributed by atoms with Gasteiger partial charge in [-0.25, -0.2) is 9.97 Å². The zero-order chi connectivity index (χ0) is 27.3. The number of fused-ring (bicyclic) bond motifs is 1. The monoisotopic (exact) mass is 519 g/mol. The Morgan fingerprint density at radius 2 is 1.40 bits per heavy atom. The second-order valence-electron chi connectivity index (χ2n) is 9.30. The van der Waals surface area contributed by atoms with E-state index in [0.717, 1.165) is 39.1 Å². The molecule has 192 valence electrons. The zero-order valence-corrected chi connectivity index (χ0v) is 21.5. The van der Waals surface area contributed by atoms with Crippen LogP contribution in [0.15, 0.2) is 115 Å². The molecule has 0 saturated heterocycles. The van der Waals surface area contributed by atoms with E-state index in [4.69, 9.17) is 16.0 Å². The van der Waals surface area contributed by atoms with Crippen molar-refractivity contribution in [3.05, 3.63) is 126 Å². The fraction of sp³-hybridized carbons (Fsp3) is 0.0303. The van der Waals surface area contributed by atoms with Crippen molar-refractivity contribution in [1.82, 2.24) is 15.0 Å². The van der Waals surface area contributed by atoms with E-state index in [0.29, 0.717) is 23.6 Å². The third-order valence-electron chi connectivity index (χ3n) is 6.53. The minimum Gasteiger partial charge on any atom is -0.380 e. The van der Waals surface area contributed by atoms with Crippen molar-refractivity contribution in [2.75, 3.05) is 16.4 Å². The number of pyridine rings is 1. The number of hydrogen-bond donors (Lipinski definition) is 3. The summed E-state index contributed by atoms with van der Waals surface area (Å²) in [6.45, 7) is 0.683. The maximum absolute atomic E-state index is 9.10. The second kappa shape index (κ2) is 10.9. The highest BCUT2D eigenvalue weighted by molar-refractivity contribution is 5.96. The van der Waals surface area contributed by atoms with Crippen LogP contribution in [0, 0.1) is 11.3 Å². The number of nitriles is 1. The van der Waals surface area contributed by atoms with Gasteiger partial charge in [0.1, 0.15) is 5.82 Å². The van der Waals surface area contributed by atoms with E-state index >= 15 is 0 Å². The Morgan fingerprint density at radius 1 is 0.700 bits per heavy atom. The van der Waals surface area contributed by atoms with E-state index in [9.17, 15) is 0 Å². The number of benzene rings is 4. The number of nitrogen functional groups attached to an aromatic ring is 1. The fourth-order valence-electron chi connectivity index (χ4n) is 4.54. The normalized spacial score (nSPS) is 10.7. The highest BCUT2D eigenvalue weighted by atomic mass is 15.1. The number of hydrogen-bond acceptors (Lipinski definition) is 7. The Kier molecular flexibility index (Phi) is 6.72. The van der Waals surface area contributed by atoms with Gasteiger partial charge in [-0.3, -0.25) is 0 Å². The third-order valence-corrected chi connectivity index (χ3v) is 6.53. The Hall–Kier alpha value is -5.74. The van der Waals surface area contributed by atoms with Gasteiger partial charge in [-0.1, -0.05) is 72.8 Å². The molecule has 0 saturated carbocycles. The summed E-state index contributed by atoms with van der Waals surface area (Å²) in [5.74, 6) is 0.725. The molecule has 0 atom stereocenters. The molecule has 0 radical (unpaired) electrons. The van der Waals surface area contributed by atoms with Crippen molar-refractivity contribution in [2.45, 2.75) is 6.54 Å². The summed E-state index contributed by atoms with van der Waals surface area (Å²) in [6.07, 6.45) is 0. The van der Waals surface area contributed by atoms with E-state index in [1.165, 1.54) is 5.56 Å². The average molecular weight is 520 g/mol. The molecule has 7 nitrogen and oxygen atoms in total. The number of rotatable bonds is 7. The maximum Gasteiger partial charge on any atom is 0.222 e. The van der Waals surface area contributed by atoms with E-state index in [2.05, 4.69) is 63.1 Å². The van der Waals surface area contributed by atoms with E-state index < -0.39 is 0 Å². The molecule has 0 unspecified atom stereocenters. The minimum absolute atomic E-state index is 0.157. The number of nitrogens with two attached hydrogens (primary N) is 1. The summed E-state index contributed by atoms with van der Waals surface area (Å²) in [4.78, 5) is 13.7. The first-order valence-corrected chi connectivity index (χ1v) is 12.8. The first-order valence-electron chi connectivity index (χ1n) is 12.8. The smallest absolute Gasteiger partial charge is 0.222 e. The third kappa shape index (κ3) is 5.42. The lowest BCUT2D eigenvalue weighted by Gasteiger charge is -2.14. The summed E-state index contributed by atoms with van der Waals surface area (Å²) < 4.78 is 0. The van der Waals surface area contributed by atoms with Gasteiger partial charge in [0.15, 0.2) is 0 Å². The Labute approximate surface area is 232 Å². The van der Waals surface area contributed by atoms with Crippen molar-refractivity contribution < 1.29 is 0 Å². The minimum atomic E-state index is 0.157. The van der Waals surface area contributed by atoms with Gasteiger partial charge in [-0.15, -0.1) is 0 Å². The van der Waals surface area contributed by atoms with Crippen LogP contribution in [0.1, 0.15) is 11.1 Å². The van der Waals surface area contributed by atoms with Gasteiger partial charge in [-0.05, 0) is 42.0 Å². The van der Waals surface area contributed by atoms with Crippen LogP contribution >= 0.6 is 0 Å². The molecule has 6 rings (SSSR count). The molecule has 7 heteroatoms. The number of nitrogens with one attached hydrogen (secondary N) is 2. The second-order valence-corrected chi connectivity index (χ2v) is 9.30. The topological polar surface area (TPSA) is 113 Å². The summed E-state index contributed by atoms with van der Waals surface area (Å²) in [6, 6.07) is 39.8. The van der Waals surface area contributed by atoms with Gasteiger partial charge >= 0.3 is 0 Å². The predicted octanol–water partition coefficient (Wildman–Crippen LogP) is 7.17. The molecule has 2 heterocycles.